The second-order valence-corrected chi connectivity index (χ2v) is 8.99. The summed E-state index contributed by atoms with van der Waals surface area (Å²) < 4.78 is 11.6. The minimum Gasteiger partial charge on any atom is -0.497 e. The van der Waals surface area contributed by atoms with Crippen LogP contribution < -0.4 is 4.74 Å². The van der Waals surface area contributed by atoms with Gasteiger partial charge in [-0.3, -0.25) is 9.59 Å². The van der Waals surface area contributed by atoms with E-state index in [2.05, 4.69) is 22.1 Å². The normalized spacial score (nSPS) is 16.1. The molecule has 0 spiro atoms. The molecule has 188 valence electrons. The highest BCUT2D eigenvalue weighted by Crippen LogP contribution is 2.17. The van der Waals surface area contributed by atoms with E-state index < -0.39 is 0 Å². The number of amides is 2. The van der Waals surface area contributed by atoms with Crippen LogP contribution in [0.25, 0.3) is 0 Å². The van der Waals surface area contributed by atoms with Crippen molar-refractivity contribution in [2.45, 2.75) is 33.0 Å². The molecule has 0 aliphatic carbocycles. The first-order chi connectivity index (χ1) is 17.4. The van der Waals surface area contributed by atoms with Crippen LogP contribution in [-0.2, 0) is 22.6 Å². The number of aryl methyl sites for hydroxylation is 2. The molecule has 2 amide bonds. The van der Waals surface area contributed by atoms with Gasteiger partial charge in [-0.2, -0.15) is 0 Å². The van der Waals surface area contributed by atoms with Crippen molar-refractivity contribution in [1.29, 1.82) is 0 Å². The number of aromatic nitrogens is 2. The molecule has 1 aliphatic heterocycles. The van der Waals surface area contributed by atoms with Crippen molar-refractivity contribution in [3.05, 3.63) is 89.0 Å². The zero-order chi connectivity index (χ0) is 25.5. The lowest BCUT2D eigenvalue weighted by atomic mass is 10.1. The van der Waals surface area contributed by atoms with E-state index in [-0.39, 0.29) is 30.2 Å². The standard InChI is InChI=1S/C28H32N4O4/c1-20-14-26(30-21(2)29-20)28(34)32-17-25(36-19-23-10-7-11-24(15-23)35-3)16-31(27(33)18-32)13-12-22-8-5-4-6-9-22/h4-11,14-15,25H,12-13,16-19H2,1-3H3/t25-/m1/s1. The molecule has 1 saturated heterocycles. The first kappa shape index (κ1) is 25.3. The van der Waals surface area contributed by atoms with Crippen molar-refractivity contribution in [1.82, 2.24) is 19.8 Å². The minimum atomic E-state index is -0.355. The summed E-state index contributed by atoms with van der Waals surface area (Å²) in [5.41, 5.74) is 3.11. The van der Waals surface area contributed by atoms with Gasteiger partial charge in [-0.15, -0.1) is 0 Å². The van der Waals surface area contributed by atoms with Crippen LogP contribution in [0.4, 0.5) is 0 Å². The van der Waals surface area contributed by atoms with Gasteiger partial charge in [0.05, 0.1) is 19.8 Å². The average molecular weight is 489 g/mol. The Bertz CT molecular complexity index is 1180. The maximum Gasteiger partial charge on any atom is 0.273 e. The Kier molecular flexibility index (Phi) is 8.28. The van der Waals surface area contributed by atoms with Gasteiger partial charge >= 0.3 is 0 Å². The van der Waals surface area contributed by atoms with Crippen LogP contribution in [0.15, 0.2) is 60.7 Å². The van der Waals surface area contributed by atoms with E-state index in [1.165, 1.54) is 0 Å². The number of ether oxygens (including phenoxy) is 2. The van der Waals surface area contributed by atoms with Crippen LogP contribution >= 0.6 is 0 Å². The summed E-state index contributed by atoms with van der Waals surface area (Å²) in [6, 6.07) is 19.4. The van der Waals surface area contributed by atoms with Gasteiger partial charge in [0.15, 0.2) is 0 Å². The van der Waals surface area contributed by atoms with E-state index in [0.717, 1.165) is 23.3 Å². The minimum absolute atomic E-state index is 0.0191. The van der Waals surface area contributed by atoms with Crippen LogP contribution in [0, 0.1) is 13.8 Å². The fourth-order valence-corrected chi connectivity index (χ4v) is 4.33. The number of methoxy groups -OCH3 is 1. The van der Waals surface area contributed by atoms with Gasteiger partial charge in [-0.05, 0) is 49.6 Å². The molecular formula is C28H32N4O4. The van der Waals surface area contributed by atoms with E-state index >= 15 is 0 Å². The van der Waals surface area contributed by atoms with Crippen molar-refractivity contribution in [3.8, 4) is 5.75 Å². The highest BCUT2D eigenvalue weighted by Gasteiger charge is 2.32. The number of nitrogens with zero attached hydrogens (tertiary/aromatic N) is 4. The fourth-order valence-electron chi connectivity index (χ4n) is 4.33. The van der Waals surface area contributed by atoms with Crippen molar-refractivity contribution in [2.75, 3.05) is 33.3 Å². The Balaban J connectivity index is 1.52. The van der Waals surface area contributed by atoms with Crippen molar-refractivity contribution in [2.24, 2.45) is 0 Å². The van der Waals surface area contributed by atoms with E-state index in [1.807, 2.05) is 49.4 Å². The van der Waals surface area contributed by atoms with E-state index in [0.29, 0.717) is 37.8 Å². The van der Waals surface area contributed by atoms with Gasteiger partial charge in [-0.1, -0.05) is 42.5 Å². The summed E-state index contributed by atoms with van der Waals surface area (Å²) in [5, 5.41) is 0. The lowest BCUT2D eigenvalue weighted by Gasteiger charge is -2.25. The predicted octanol–water partition coefficient (Wildman–Crippen LogP) is 3.21. The topological polar surface area (TPSA) is 84.9 Å². The SMILES string of the molecule is COc1cccc(CO[C@@H]2CN(CCc3ccccc3)C(=O)CN(C(=O)c3cc(C)nc(C)n3)C2)c1. The Morgan fingerprint density at radius 1 is 1.00 bits per heavy atom. The number of rotatable bonds is 8. The molecule has 1 fully saturated rings. The average Bonchev–Trinajstić information content (AvgIpc) is 3.04. The largest absolute Gasteiger partial charge is 0.497 e. The first-order valence-corrected chi connectivity index (χ1v) is 12.1. The van der Waals surface area contributed by atoms with Gasteiger partial charge in [0, 0.05) is 25.3 Å². The summed E-state index contributed by atoms with van der Waals surface area (Å²) in [6.07, 6.45) is 0.374. The molecule has 1 aliphatic rings. The Morgan fingerprint density at radius 2 is 1.78 bits per heavy atom. The molecule has 0 saturated carbocycles. The molecule has 0 bridgehead atoms. The van der Waals surface area contributed by atoms with Gasteiger partial charge in [0.25, 0.3) is 5.91 Å². The molecule has 1 aromatic heterocycles. The Morgan fingerprint density at radius 3 is 2.53 bits per heavy atom. The molecular weight excluding hydrogens is 456 g/mol. The third-order valence-electron chi connectivity index (χ3n) is 6.13. The number of benzene rings is 2. The number of hydrogen-bond donors (Lipinski definition) is 0. The number of carbonyl (C=O) groups is 2. The lowest BCUT2D eigenvalue weighted by molar-refractivity contribution is -0.131. The second kappa shape index (κ2) is 11.8. The number of carbonyl (C=O) groups excluding carboxylic acids is 2. The molecule has 8 nitrogen and oxygen atoms in total. The molecule has 3 aromatic rings. The van der Waals surface area contributed by atoms with Crippen LogP contribution in [-0.4, -0.2) is 71.0 Å². The van der Waals surface area contributed by atoms with Crippen molar-refractivity contribution < 1.29 is 19.1 Å². The molecule has 0 radical (unpaired) electrons. The Hall–Kier alpha value is -3.78. The predicted molar refractivity (Wildman–Crippen MR) is 136 cm³/mol. The van der Waals surface area contributed by atoms with Crippen LogP contribution in [0.3, 0.4) is 0 Å². The third kappa shape index (κ3) is 6.66. The number of hydrogen-bond acceptors (Lipinski definition) is 6. The third-order valence-corrected chi connectivity index (χ3v) is 6.13. The van der Waals surface area contributed by atoms with E-state index in [9.17, 15) is 9.59 Å². The summed E-state index contributed by atoms with van der Waals surface area (Å²) in [7, 11) is 1.63. The van der Waals surface area contributed by atoms with E-state index in [4.69, 9.17) is 9.47 Å². The highest BCUT2D eigenvalue weighted by atomic mass is 16.5. The van der Waals surface area contributed by atoms with E-state index in [1.54, 1.807) is 29.9 Å². The maximum atomic E-state index is 13.4. The molecule has 2 heterocycles. The molecule has 0 unspecified atom stereocenters. The molecule has 1 atom stereocenters. The maximum absolute atomic E-state index is 13.4. The molecule has 4 rings (SSSR count). The van der Waals surface area contributed by atoms with Gasteiger partial charge < -0.3 is 19.3 Å². The first-order valence-electron chi connectivity index (χ1n) is 12.1. The zero-order valence-corrected chi connectivity index (χ0v) is 21.0. The molecule has 8 heteroatoms. The van der Waals surface area contributed by atoms with Crippen LogP contribution in [0.5, 0.6) is 5.75 Å². The summed E-state index contributed by atoms with van der Waals surface area (Å²) in [5.74, 6) is 0.879. The van der Waals surface area contributed by atoms with Gasteiger partial charge in [0.1, 0.15) is 23.8 Å². The quantitative estimate of drug-likeness (QED) is 0.484. The summed E-state index contributed by atoms with van der Waals surface area (Å²) >= 11 is 0. The lowest BCUT2D eigenvalue weighted by Crippen LogP contribution is -2.40. The molecule has 0 N–H and O–H groups in total. The van der Waals surface area contributed by atoms with Crippen LogP contribution in [0.2, 0.25) is 0 Å². The monoisotopic (exact) mass is 488 g/mol. The highest BCUT2D eigenvalue weighted by molar-refractivity contribution is 5.95. The second-order valence-electron chi connectivity index (χ2n) is 8.99. The fraction of sp³-hybridized carbons (Fsp3) is 0.357. The van der Waals surface area contributed by atoms with Gasteiger partial charge in [-0.25, -0.2) is 9.97 Å². The van der Waals surface area contributed by atoms with Crippen LogP contribution in [0.1, 0.15) is 33.1 Å². The summed E-state index contributed by atoms with van der Waals surface area (Å²) in [4.78, 5) is 38.5. The van der Waals surface area contributed by atoms with Crippen molar-refractivity contribution in [3.63, 3.8) is 0 Å². The Labute approximate surface area is 211 Å². The zero-order valence-electron chi connectivity index (χ0n) is 21.0. The molecule has 2 aromatic carbocycles. The van der Waals surface area contributed by atoms with Crippen molar-refractivity contribution >= 4 is 11.8 Å². The summed E-state index contributed by atoms with van der Waals surface area (Å²) in [6.45, 7) is 5.15. The smallest absolute Gasteiger partial charge is 0.273 e. The molecule has 36 heavy (non-hydrogen) atoms. The van der Waals surface area contributed by atoms with Gasteiger partial charge in [0.2, 0.25) is 5.91 Å².